The molecule has 3 aromatic rings. The van der Waals surface area contributed by atoms with Gasteiger partial charge in [0.1, 0.15) is 0 Å². The van der Waals surface area contributed by atoms with Crippen molar-refractivity contribution in [1.29, 1.82) is 5.41 Å². The van der Waals surface area contributed by atoms with Crippen LogP contribution in [0.4, 0.5) is 10.8 Å². The number of guanidine groups is 1. The van der Waals surface area contributed by atoms with Gasteiger partial charge in [-0.05, 0) is 48.2 Å². The van der Waals surface area contributed by atoms with Crippen LogP contribution in [0.3, 0.4) is 0 Å². The van der Waals surface area contributed by atoms with Gasteiger partial charge in [-0.3, -0.25) is 10.2 Å². The van der Waals surface area contributed by atoms with Crippen molar-refractivity contribution in [3.8, 4) is 10.4 Å². The molecule has 0 fully saturated rings. The number of carbonyl (C=O) groups excluding carboxylic acids is 1. The van der Waals surface area contributed by atoms with Crippen molar-refractivity contribution in [3.05, 3.63) is 59.8 Å². The van der Waals surface area contributed by atoms with E-state index in [-0.39, 0.29) is 29.2 Å². The molecule has 5 N–H and O–H groups in total. The maximum atomic E-state index is 11.7. The van der Waals surface area contributed by atoms with Gasteiger partial charge in [0.25, 0.3) is 0 Å². The van der Waals surface area contributed by atoms with Gasteiger partial charge >= 0.3 is 0 Å². The molecule has 0 atom stereocenters. The first kappa shape index (κ1) is 25.3. The number of anilines is 2. The van der Waals surface area contributed by atoms with Gasteiger partial charge in [-0.15, -0.1) is 12.4 Å². The van der Waals surface area contributed by atoms with Crippen LogP contribution < -0.4 is 16.4 Å². The fraction of sp³-hybridized carbons (Fsp3) is 0.190. The van der Waals surface area contributed by atoms with E-state index in [0.717, 1.165) is 33.8 Å². The van der Waals surface area contributed by atoms with Crippen LogP contribution in [-0.2, 0) is 27.5 Å². The zero-order valence-corrected chi connectivity index (χ0v) is 20.0. The maximum Gasteiger partial charge on any atom is 0.223 e. The second-order valence-electron chi connectivity index (χ2n) is 7.01. The molecule has 0 aliphatic rings. The number of hydrogen-bond acceptors (Lipinski definition) is 6. The van der Waals surface area contributed by atoms with E-state index in [0.29, 0.717) is 11.6 Å². The van der Waals surface area contributed by atoms with Gasteiger partial charge in [-0.25, -0.2) is 13.4 Å². The Morgan fingerprint density at radius 1 is 1.06 bits per heavy atom. The molecule has 0 radical (unpaired) electrons. The molecule has 0 aliphatic carbocycles. The lowest BCUT2D eigenvalue weighted by molar-refractivity contribution is -0.114. The first-order valence-corrected chi connectivity index (χ1v) is 12.1. The Kier molecular flexibility index (Phi) is 8.37. The first-order chi connectivity index (χ1) is 14.6. The van der Waals surface area contributed by atoms with E-state index in [1.165, 1.54) is 24.5 Å². The van der Waals surface area contributed by atoms with Gasteiger partial charge in [0.15, 0.2) is 20.9 Å². The minimum atomic E-state index is -3.28. The maximum absolute atomic E-state index is 11.7. The number of thiazole rings is 1. The average Bonchev–Trinajstić information content (AvgIpc) is 3.08. The standard InChI is InChI=1S/C21H23N5O3S2.ClH/c1-13(27)24-21-26-18(12-5-14-3-8-16(9-4-14)25-20(22)23)19(30-21)15-6-10-17(11-7-15)31(2,28)29;/h3-4,6-11H,5,12H2,1-2H3,(H4,22,23,25)(H,24,26,27);1H. The molecule has 0 saturated carbocycles. The third-order valence-corrected chi connectivity index (χ3v) is 6.60. The smallest absolute Gasteiger partial charge is 0.223 e. The van der Waals surface area contributed by atoms with E-state index < -0.39 is 9.84 Å². The summed E-state index contributed by atoms with van der Waals surface area (Å²) in [5, 5.41) is 13.3. The Labute approximate surface area is 197 Å². The molecule has 1 aromatic heterocycles. The number of halogens is 1. The molecule has 3 rings (SSSR count). The van der Waals surface area contributed by atoms with E-state index >= 15 is 0 Å². The van der Waals surface area contributed by atoms with Crippen LogP contribution in [0, 0.1) is 5.41 Å². The second-order valence-corrected chi connectivity index (χ2v) is 10.0. The van der Waals surface area contributed by atoms with E-state index in [4.69, 9.17) is 11.1 Å². The van der Waals surface area contributed by atoms with Crippen molar-refractivity contribution < 1.29 is 13.2 Å². The molecule has 170 valence electrons. The first-order valence-electron chi connectivity index (χ1n) is 9.39. The van der Waals surface area contributed by atoms with Crippen molar-refractivity contribution in [2.45, 2.75) is 24.7 Å². The van der Waals surface area contributed by atoms with Crippen molar-refractivity contribution >= 4 is 56.3 Å². The van der Waals surface area contributed by atoms with Crippen LogP contribution in [0.2, 0.25) is 0 Å². The SMILES string of the molecule is CC(=O)Nc1nc(CCc2ccc(NC(=N)N)cc2)c(-c2ccc(S(C)(=O)=O)cc2)s1.Cl. The molecule has 0 spiro atoms. The van der Waals surface area contributed by atoms with Gasteiger partial charge in [0.05, 0.1) is 15.5 Å². The Morgan fingerprint density at radius 3 is 2.22 bits per heavy atom. The third-order valence-electron chi connectivity index (χ3n) is 4.41. The highest BCUT2D eigenvalue weighted by Gasteiger charge is 2.15. The number of hydrogen-bond donors (Lipinski definition) is 4. The number of benzene rings is 2. The molecule has 0 saturated heterocycles. The van der Waals surface area contributed by atoms with Gasteiger partial charge in [0.2, 0.25) is 5.91 Å². The van der Waals surface area contributed by atoms with E-state index in [9.17, 15) is 13.2 Å². The summed E-state index contributed by atoms with van der Waals surface area (Å²) < 4.78 is 23.5. The van der Waals surface area contributed by atoms with Gasteiger partial charge in [-0.1, -0.05) is 35.6 Å². The highest BCUT2D eigenvalue weighted by molar-refractivity contribution is 7.90. The number of aryl methyl sites for hydroxylation is 2. The van der Waals surface area contributed by atoms with Crippen molar-refractivity contribution in [3.63, 3.8) is 0 Å². The molecule has 1 heterocycles. The molecule has 2 aromatic carbocycles. The second kappa shape index (κ2) is 10.6. The molecular weight excluding hydrogens is 470 g/mol. The predicted molar refractivity (Wildman–Crippen MR) is 132 cm³/mol. The summed E-state index contributed by atoms with van der Waals surface area (Å²) in [5.41, 5.74) is 8.84. The third kappa shape index (κ3) is 6.78. The quantitative estimate of drug-likeness (QED) is 0.292. The van der Waals surface area contributed by atoms with Gasteiger partial charge < -0.3 is 16.4 Å². The number of nitrogens with zero attached hydrogens (tertiary/aromatic N) is 1. The van der Waals surface area contributed by atoms with E-state index in [2.05, 4.69) is 15.6 Å². The number of carbonyl (C=O) groups is 1. The molecule has 0 unspecified atom stereocenters. The normalized spacial score (nSPS) is 10.8. The molecule has 0 aliphatic heterocycles. The summed E-state index contributed by atoms with van der Waals surface area (Å²) in [6.07, 6.45) is 2.53. The van der Waals surface area contributed by atoms with Gasteiger partial charge in [-0.2, -0.15) is 0 Å². The van der Waals surface area contributed by atoms with Crippen LogP contribution in [0.1, 0.15) is 18.2 Å². The fourth-order valence-electron chi connectivity index (χ4n) is 2.98. The Bertz CT molecular complexity index is 1210. The van der Waals surface area contributed by atoms with Crippen LogP contribution in [-0.4, -0.2) is 31.5 Å². The lowest BCUT2D eigenvalue weighted by Crippen LogP contribution is -2.20. The van der Waals surface area contributed by atoms with Crippen molar-refractivity contribution in [1.82, 2.24) is 4.98 Å². The van der Waals surface area contributed by atoms with Crippen molar-refractivity contribution in [2.24, 2.45) is 5.73 Å². The predicted octanol–water partition coefficient (Wildman–Crippen LogP) is 3.68. The number of rotatable bonds is 7. The van der Waals surface area contributed by atoms with Crippen LogP contribution >= 0.6 is 23.7 Å². The average molecular weight is 494 g/mol. The topological polar surface area (TPSA) is 138 Å². The lowest BCUT2D eigenvalue weighted by atomic mass is 10.1. The van der Waals surface area contributed by atoms with E-state index in [1.807, 2.05) is 24.3 Å². The van der Waals surface area contributed by atoms with Gasteiger partial charge in [0, 0.05) is 18.9 Å². The zero-order chi connectivity index (χ0) is 22.6. The number of nitrogens with one attached hydrogen (secondary N) is 3. The number of aromatic nitrogens is 1. The van der Waals surface area contributed by atoms with Crippen molar-refractivity contribution in [2.75, 3.05) is 16.9 Å². The molecule has 1 amide bonds. The number of nitrogens with two attached hydrogens (primary N) is 1. The fourth-order valence-corrected chi connectivity index (χ4v) is 4.67. The monoisotopic (exact) mass is 493 g/mol. The summed E-state index contributed by atoms with van der Waals surface area (Å²) in [6, 6.07) is 14.3. The minimum absolute atomic E-state index is 0. The Hall–Kier alpha value is -2.95. The molecular formula is C21H24ClN5O3S2. The highest BCUT2D eigenvalue weighted by Crippen LogP contribution is 2.34. The summed E-state index contributed by atoms with van der Waals surface area (Å²) >= 11 is 1.36. The largest absolute Gasteiger partial charge is 0.370 e. The van der Waals surface area contributed by atoms with Crippen LogP contribution in [0.25, 0.3) is 10.4 Å². The summed E-state index contributed by atoms with van der Waals surface area (Å²) in [4.78, 5) is 17.2. The number of amides is 1. The number of sulfone groups is 1. The molecule has 0 bridgehead atoms. The van der Waals surface area contributed by atoms with E-state index in [1.54, 1.807) is 24.3 Å². The summed E-state index contributed by atoms with van der Waals surface area (Å²) in [7, 11) is -3.28. The molecule has 8 nitrogen and oxygen atoms in total. The Morgan fingerprint density at radius 2 is 1.69 bits per heavy atom. The summed E-state index contributed by atoms with van der Waals surface area (Å²) in [5.74, 6) is -0.319. The van der Waals surface area contributed by atoms with Crippen LogP contribution in [0.5, 0.6) is 0 Å². The highest BCUT2D eigenvalue weighted by atomic mass is 35.5. The molecule has 11 heteroatoms. The minimum Gasteiger partial charge on any atom is -0.370 e. The van der Waals surface area contributed by atoms with Crippen LogP contribution in [0.15, 0.2) is 53.4 Å². The summed E-state index contributed by atoms with van der Waals surface area (Å²) in [6.45, 7) is 1.43. The zero-order valence-electron chi connectivity index (χ0n) is 17.5. The lowest BCUT2D eigenvalue weighted by Gasteiger charge is -2.06. The Balaban J connectivity index is 0.00000363. The molecule has 32 heavy (non-hydrogen) atoms.